The van der Waals surface area contributed by atoms with E-state index in [1.165, 1.54) is 23.1 Å². The topological polar surface area (TPSA) is 78.7 Å². The molecule has 0 bridgehead atoms. The average Bonchev–Trinajstić information content (AvgIpc) is 3.02. The lowest BCUT2D eigenvalue weighted by molar-refractivity contribution is -0.113. The van der Waals surface area contributed by atoms with E-state index < -0.39 is 0 Å². The molecule has 1 aromatic carbocycles. The summed E-state index contributed by atoms with van der Waals surface area (Å²) in [5.74, 6) is 1.24. The first-order valence-electron chi connectivity index (χ1n) is 7.18. The third-order valence-corrected chi connectivity index (χ3v) is 6.76. The number of aromatic nitrogens is 2. The molecule has 1 N–H and O–H groups in total. The van der Waals surface area contributed by atoms with Crippen LogP contribution in [-0.2, 0) is 4.79 Å². The van der Waals surface area contributed by atoms with Crippen molar-refractivity contribution in [2.24, 2.45) is 0 Å². The predicted molar refractivity (Wildman–Crippen MR) is 103 cm³/mol. The molecule has 1 heterocycles. The number of amides is 1. The molecule has 0 unspecified atom stereocenters. The first-order chi connectivity index (χ1) is 11.6. The molecule has 0 radical (unpaired) electrons. The van der Waals surface area contributed by atoms with Gasteiger partial charge in [0.2, 0.25) is 5.91 Å². The highest BCUT2D eigenvalue weighted by Gasteiger charge is 2.10. The Balaban J connectivity index is 1.85. The second-order valence-corrected chi connectivity index (χ2v) is 9.09. The van der Waals surface area contributed by atoms with Crippen LogP contribution in [0.15, 0.2) is 31.8 Å². The quantitative estimate of drug-likeness (QED) is 0.514. The molecular weight excluding hydrogens is 380 g/mol. The zero-order chi connectivity index (χ0) is 17.4. The zero-order valence-corrected chi connectivity index (χ0v) is 16.5. The number of hydrogen-bond donors (Lipinski definition) is 1. The lowest BCUT2D eigenvalue weighted by atomic mass is 10.2. The number of carbonyl (C=O) groups is 1. The molecule has 0 atom stereocenters. The summed E-state index contributed by atoms with van der Waals surface area (Å²) in [7, 11) is 0. The van der Waals surface area contributed by atoms with Crippen LogP contribution in [0.4, 0.5) is 5.69 Å². The molecule has 2 aromatic rings. The van der Waals surface area contributed by atoms with E-state index in [0.717, 1.165) is 48.8 Å². The van der Waals surface area contributed by atoms with E-state index in [1.54, 1.807) is 11.8 Å². The van der Waals surface area contributed by atoms with E-state index in [0.29, 0.717) is 5.75 Å². The van der Waals surface area contributed by atoms with Gasteiger partial charge < -0.3 is 5.32 Å². The van der Waals surface area contributed by atoms with Crippen LogP contribution < -0.4 is 5.32 Å². The Bertz CT molecular complexity index is 741. The fourth-order valence-corrected chi connectivity index (χ4v) is 4.93. The van der Waals surface area contributed by atoms with Crippen LogP contribution >= 0.6 is 46.6 Å². The molecule has 0 fully saturated rings. The Morgan fingerprint density at radius 2 is 2.08 bits per heavy atom. The minimum absolute atomic E-state index is 0.0817. The molecule has 5 nitrogen and oxygen atoms in total. The Kier molecular flexibility index (Phi) is 7.91. The molecule has 0 saturated carbocycles. The first kappa shape index (κ1) is 19.1. The first-order valence-corrected chi connectivity index (χ1v) is 10.8. The van der Waals surface area contributed by atoms with Crippen molar-refractivity contribution in [1.29, 1.82) is 5.26 Å². The van der Waals surface area contributed by atoms with E-state index in [1.807, 2.05) is 30.5 Å². The van der Waals surface area contributed by atoms with Crippen LogP contribution in [0.25, 0.3) is 0 Å². The molecule has 0 aliphatic carbocycles. The van der Waals surface area contributed by atoms with Crippen LogP contribution in [0, 0.1) is 17.6 Å². The highest BCUT2D eigenvalue weighted by atomic mass is 32.2. The summed E-state index contributed by atoms with van der Waals surface area (Å²) in [6, 6.07) is 5.53. The molecule has 0 spiro atoms. The van der Waals surface area contributed by atoms with Crippen molar-refractivity contribution in [2.75, 3.05) is 16.8 Å². The molecule has 1 amide bonds. The van der Waals surface area contributed by atoms with E-state index in [-0.39, 0.29) is 5.91 Å². The highest BCUT2D eigenvalue weighted by molar-refractivity contribution is 8.04. The standard InChI is InChI=1S/C15H16N4OS4/c1-3-6-21-14-18-19-15(24-14)22-8-13(20)17-12-5-4-11(23-9-16)7-10(12)2/h4-5,7H,3,6,8H2,1-2H3,(H,17,20). The maximum Gasteiger partial charge on any atom is 0.234 e. The van der Waals surface area contributed by atoms with Gasteiger partial charge in [0, 0.05) is 16.3 Å². The summed E-state index contributed by atoms with van der Waals surface area (Å²) in [4.78, 5) is 13.0. The number of thioether (sulfide) groups is 3. The third kappa shape index (κ3) is 6.02. The second-order valence-electron chi connectivity index (χ2n) is 4.69. The number of rotatable bonds is 8. The van der Waals surface area contributed by atoms with Crippen molar-refractivity contribution < 1.29 is 4.79 Å². The van der Waals surface area contributed by atoms with Crippen LogP contribution in [0.5, 0.6) is 0 Å². The van der Waals surface area contributed by atoms with Gasteiger partial charge in [-0.25, -0.2) is 0 Å². The van der Waals surface area contributed by atoms with Gasteiger partial charge in [-0.2, -0.15) is 5.26 Å². The van der Waals surface area contributed by atoms with Crippen LogP contribution in [0.2, 0.25) is 0 Å². The summed E-state index contributed by atoms with van der Waals surface area (Å²) in [6.45, 7) is 4.04. The summed E-state index contributed by atoms with van der Waals surface area (Å²) in [5.41, 5.74) is 1.70. The van der Waals surface area contributed by atoms with Gasteiger partial charge in [-0.15, -0.1) is 10.2 Å². The minimum atomic E-state index is -0.0817. The van der Waals surface area contributed by atoms with Crippen molar-refractivity contribution in [2.45, 2.75) is 33.8 Å². The maximum atomic E-state index is 12.1. The van der Waals surface area contributed by atoms with Gasteiger partial charge in [0.1, 0.15) is 5.40 Å². The SMILES string of the molecule is CCCSc1nnc(SCC(=O)Nc2ccc(SC#N)cc2C)s1. The number of aryl methyl sites for hydroxylation is 1. The number of nitrogens with one attached hydrogen (secondary N) is 1. The maximum absolute atomic E-state index is 12.1. The van der Waals surface area contributed by atoms with E-state index in [9.17, 15) is 4.79 Å². The number of thiocyanates is 1. The number of carbonyl (C=O) groups excluding carboxylic acids is 1. The zero-order valence-electron chi connectivity index (χ0n) is 13.2. The van der Waals surface area contributed by atoms with Gasteiger partial charge in [-0.05, 0) is 48.9 Å². The number of hydrogen-bond acceptors (Lipinski definition) is 8. The molecule has 24 heavy (non-hydrogen) atoms. The number of benzene rings is 1. The minimum Gasteiger partial charge on any atom is -0.325 e. The Morgan fingerprint density at radius 1 is 1.33 bits per heavy atom. The van der Waals surface area contributed by atoms with Gasteiger partial charge in [0.25, 0.3) is 0 Å². The van der Waals surface area contributed by atoms with Gasteiger partial charge in [-0.1, -0.05) is 41.8 Å². The summed E-state index contributed by atoms with van der Waals surface area (Å²) in [5, 5.41) is 21.8. The van der Waals surface area contributed by atoms with Gasteiger partial charge >= 0.3 is 0 Å². The fourth-order valence-electron chi connectivity index (χ4n) is 1.71. The highest BCUT2D eigenvalue weighted by Crippen LogP contribution is 2.29. The van der Waals surface area contributed by atoms with Crippen LogP contribution in [0.1, 0.15) is 18.9 Å². The fraction of sp³-hybridized carbons (Fsp3) is 0.333. The number of nitriles is 1. The van der Waals surface area contributed by atoms with E-state index in [4.69, 9.17) is 5.26 Å². The van der Waals surface area contributed by atoms with Crippen molar-refractivity contribution >= 4 is 58.2 Å². The Morgan fingerprint density at radius 3 is 2.75 bits per heavy atom. The van der Waals surface area contributed by atoms with Crippen molar-refractivity contribution in [3.8, 4) is 5.40 Å². The molecular formula is C15H16N4OS4. The lowest BCUT2D eigenvalue weighted by Gasteiger charge is -2.08. The van der Waals surface area contributed by atoms with Gasteiger partial charge in [0.05, 0.1) is 5.75 Å². The normalized spacial score (nSPS) is 10.4. The molecule has 126 valence electrons. The van der Waals surface area contributed by atoms with Crippen LogP contribution in [0.3, 0.4) is 0 Å². The van der Waals surface area contributed by atoms with Crippen molar-refractivity contribution in [3.05, 3.63) is 23.8 Å². The van der Waals surface area contributed by atoms with Crippen molar-refractivity contribution in [1.82, 2.24) is 10.2 Å². The largest absolute Gasteiger partial charge is 0.325 e. The summed E-state index contributed by atoms with van der Waals surface area (Å²) in [6.07, 6.45) is 1.10. The monoisotopic (exact) mass is 396 g/mol. The van der Waals surface area contributed by atoms with Gasteiger partial charge in [0.15, 0.2) is 8.68 Å². The van der Waals surface area contributed by atoms with E-state index >= 15 is 0 Å². The molecule has 0 aliphatic heterocycles. The van der Waals surface area contributed by atoms with Gasteiger partial charge in [-0.3, -0.25) is 4.79 Å². The molecule has 0 aliphatic rings. The predicted octanol–water partition coefficient (Wildman–Crippen LogP) is 4.65. The summed E-state index contributed by atoms with van der Waals surface area (Å²) < 4.78 is 1.75. The molecule has 0 saturated heterocycles. The van der Waals surface area contributed by atoms with E-state index in [2.05, 4.69) is 22.4 Å². The number of anilines is 1. The second kappa shape index (κ2) is 9.93. The number of nitrogens with zero attached hydrogens (tertiary/aromatic N) is 3. The molecule has 2 rings (SSSR count). The Hall–Kier alpha value is -1.21. The van der Waals surface area contributed by atoms with Crippen molar-refractivity contribution in [3.63, 3.8) is 0 Å². The molecule has 1 aromatic heterocycles. The lowest BCUT2D eigenvalue weighted by Crippen LogP contribution is -2.14. The third-order valence-electron chi connectivity index (χ3n) is 2.78. The molecule has 9 heteroatoms. The smallest absolute Gasteiger partial charge is 0.234 e. The summed E-state index contributed by atoms with van der Waals surface area (Å²) >= 11 is 5.71. The van der Waals surface area contributed by atoms with Crippen LogP contribution in [-0.4, -0.2) is 27.6 Å². The average molecular weight is 397 g/mol. The Labute approximate surface area is 158 Å².